The van der Waals surface area contributed by atoms with E-state index >= 15 is 0 Å². The van der Waals surface area contributed by atoms with Crippen LogP contribution in [0.1, 0.15) is 0 Å². The summed E-state index contributed by atoms with van der Waals surface area (Å²) in [6.07, 6.45) is 1.64. The van der Waals surface area contributed by atoms with E-state index in [1.165, 1.54) is 4.68 Å². The number of aromatic nitrogens is 2. The van der Waals surface area contributed by atoms with Crippen LogP contribution < -0.4 is 4.74 Å². The lowest BCUT2D eigenvalue weighted by atomic mass is 10.1. The van der Waals surface area contributed by atoms with E-state index in [0.717, 1.165) is 11.3 Å². The van der Waals surface area contributed by atoms with Crippen LogP contribution in [0.5, 0.6) is 11.5 Å². The van der Waals surface area contributed by atoms with E-state index in [4.69, 9.17) is 9.84 Å². The van der Waals surface area contributed by atoms with Gasteiger partial charge in [-0.3, -0.25) is 9.48 Å². The van der Waals surface area contributed by atoms with Crippen LogP contribution in [0.25, 0.3) is 11.3 Å². The Kier molecular flexibility index (Phi) is 3.87. The van der Waals surface area contributed by atoms with Gasteiger partial charge in [0.15, 0.2) is 0 Å². The Morgan fingerprint density at radius 1 is 1.05 bits per heavy atom. The van der Waals surface area contributed by atoms with Gasteiger partial charge in [-0.1, -0.05) is 30.3 Å². The number of carboxylic acid groups (broad SMARTS) is 1. The first-order valence-electron chi connectivity index (χ1n) is 6.80. The topological polar surface area (TPSA) is 64.3 Å². The number of hydrogen-bond donors (Lipinski definition) is 1. The Hall–Kier alpha value is -3.08. The predicted molar refractivity (Wildman–Crippen MR) is 81.8 cm³/mol. The first-order chi connectivity index (χ1) is 10.7. The number of carboxylic acids is 1. The van der Waals surface area contributed by atoms with Crippen molar-refractivity contribution in [1.82, 2.24) is 9.78 Å². The molecule has 0 aliphatic rings. The second kappa shape index (κ2) is 6.13. The zero-order chi connectivity index (χ0) is 15.4. The first kappa shape index (κ1) is 13.9. The maximum atomic E-state index is 10.7. The van der Waals surface area contributed by atoms with E-state index in [1.807, 2.05) is 54.6 Å². The number of para-hydroxylation sites is 2. The molecule has 0 aliphatic carbocycles. The van der Waals surface area contributed by atoms with Crippen molar-refractivity contribution in [2.75, 3.05) is 0 Å². The molecular formula is C17H14N2O3. The Morgan fingerprint density at radius 2 is 1.77 bits per heavy atom. The summed E-state index contributed by atoms with van der Waals surface area (Å²) in [6, 6.07) is 18.8. The van der Waals surface area contributed by atoms with Crippen LogP contribution in [-0.2, 0) is 11.3 Å². The highest BCUT2D eigenvalue weighted by Gasteiger charge is 2.10. The number of benzene rings is 2. The van der Waals surface area contributed by atoms with Crippen molar-refractivity contribution in [3.05, 3.63) is 66.9 Å². The number of carbonyl (C=O) groups is 1. The van der Waals surface area contributed by atoms with Gasteiger partial charge in [-0.05, 0) is 30.3 Å². The van der Waals surface area contributed by atoms with Gasteiger partial charge in [0.2, 0.25) is 0 Å². The lowest BCUT2D eigenvalue weighted by Crippen LogP contribution is -2.08. The van der Waals surface area contributed by atoms with Crippen LogP contribution in [0.2, 0.25) is 0 Å². The van der Waals surface area contributed by atoms with Gasteiger partial charge >= 0.3 is 5.97 Å². The fourth-order valence-corrected chi connectivity index (χ4v) is 2.11. The Morgan fingerprint density at radius 3 is 2.55 bits per heavy atom. The molecule has 5 heteroatoms. The van der Waals surface area contributed by atoms with Crippen LogP contribution in [0.15, 0.2) is 66.9 Å². The maximum Gasteiger partial charge on any atom is 0.325 e. The number of ether oxygens (including phenoxy) is 1. The number of rotatable bonds is 5. The molecule has 1 N–H and O–H groups in total. The number of nitrogens with zero attached hydrogens (tertiary/aromatic N) is 2. The second-order valence-corrected chi connectivity index (χ2v) is 4.70. The van der Waals surface area contributed by atoms with E-state index in [0.29, 0.717) is 11.4 Å². The highest BCUT2D eigenvalue weighted by molar-refractivity contribution is 5.68. The lowest BCUT2D eigenvalue weighted by molar-refractivity contribution is -0.137. The summed E-state index contributed by atoms with van der Waals surface area (Å²) in [5.41, 5.74) is 1.49. The van der Waals surface area contributed by atoms with Crippen molar-refractivity contribution in [1.29, 1.82) is 0 Å². The molecule has 0 spiro atoms. The third-order valence-electron chi connectivity index (χ3n) is 3.07. The Labute approximate surface area is 127 Å². The molecule has 2 aromatic carbocycles. The Bertz CT molecular complexity index is 781. The summed E-state index contributed by atoms with van der Waals surface area (Å²) in [6.45, 7) is -0.165. The predicted octanol–water partition coefficient (Wildman–Crippen LogP) is 3.43. The van der Waals surface area contributed by atoms with Crippen LogP contribution in [0.3, 0.4) is 0 Å². The lowest BCUT2D eigenvalue weighted by Gasteiger charge is -2.09. The van der Waals surface area contributed by atoms with E-state index in [2.05, 4.69) is 5.10 Å². The molecule has 0 atom stereocenters. The molecular weight excluding hydrogens is 280 g/mol. The molecule has 0 bridgehead atoms. The summed E-state index contributed by atoms with van der Waals surface area (Å²) in [7, 11) is 0. The van der Waals surface area contributed by atoms with Gasteiger partial charge in [-0.15, -0.1) is 0 Å². The van der Waals surface area contributed by atoms with E-state index in [9.17, 15) is 4.79 Å². The van der Waals surface area contributed by atoms with Crippen molar-refractivity contribution in [2.45, 2.75) is 6.54 Å². The van der Waals surface area contributed by atoms with Crippen LogP contribution >= 0.6 is 0 Å². The molecule has 0 unspecified atom stereocenters. The molecule has 1 aromatic heterocycles. The van der Waals surface area contributed by atoms with Crippen LogP contribution in [0.4, 0.5) is 0 Å². The van der Waals surface area contributed by atoms with Gasteiger partial charge in [0.25, 0.3) is 0 Å². The quantitative estimate of drug-likeness (QED) is 0.783. The van der Waals surface area contributed by atoms with E-state index in [1.54, 1.807) is 12.3 Å². The minimum Gasteiger partial charge on any atom is -0.480 e. The molecule has 0 saturated carbocycles. The molecule has 5 nitrogen and oxygen atoms in total. The minimum atomic E-state index is -0.927. The monoisotopic (exact) mass is 294 g/mol. The molecule has 3 aromatic rings. The normalized spacial score (nSPS) is 10.4. The molecule has 0 amide bonds. The highest BCUT2D eigenvalue weighted by Crippen LogP contribution is 2.32. The molecule has 1 heterocycles. The molecule has 110 valence electrons. The van der Waals surface area contributed by atoms with Gasteiger partial charge in [0.05, 0.1) is 5.69 Å². The SMILES string of the molecule is O=C(O)Cn1ccc(-c2ccccc2Oc2ccccc2)n1. The van der Waals surface area contributed by atoms with Crippen LogP contribution in [0, 0.1) is 0 Å². The van der Waals surface area contributed by atoms with Crippen molar-refractivity contribution in [2.24, 2.45) is 0 Å². The van der Waals surface area contributed by atoms with Crippen LogP contribution in [-0.4, -0.2) is 20.9 Å². The summed E-state index contributed by atoms with van der Waals surface area (Å²) in [5, 5.41) is 13.1. The third kappa shape index (κ3) is 3.15. The van der Waals surface area contributed by atoms with Gasteiger partial charge in [-0.25, -0.2) is 0 Å². The summed E-state index contributed by atoms with van der Waals surface area (Å²) in [5.74, 6) is 0.484. The maximum absolute atomic E-state index is 10.7. The fourth-order valence-electron chi connectivity index (χ4n) is 2.11. The minimum absolute atomic E-state index is 0.165. The van der Waals surface area contributed by atoms with Gasteiger partial charge in [-0.2, -0.15) is 5.10 Å². The summed E-state index contributed by atoms with van der Waals surface area (Å²) >= 11 is 0. The number of hydrogen-bond acceptors (Lipinski definition) is 3. The van der Waals surface area contributed by atoms with Crippen molar-refractivity contribution >= 4 is 5.97 Å². The smallest absolute Gasteiger partial charge is 0.325 e. The van der Waals surface area contributed by atoms with Gasteiger partial charge in [0.1, 0.15) is 18.0 Å². The molecule has 0 radical (unpaired) electrons. The summed E-state index contributed by atoms with van der Waals surface area (Å²) in [4.78, 5) is 10.7. The average molecular weight is 294 g/mol. The molecule has 0 fully saturated rings. The average Bonchev–Trinajstić information content (AvgIpc) is 2.96. The Balaban J connectivity index is 1.91. The molecule has 0 saturated heterocycles. The van der Waals surface area contributed by atoms with Crippen molar-refractivity contribution in [3.8, 4) is 22.8 Å². The largest absolute Gasteiger partial charge is 0.480 e. The van der Waals surface area contributed by atoms with E-state index in [-0.39, 0.29) is 6.54 Å². The summed E-state index contributed by atoms with van der Waals surface area (Å²) < 4.78 is 7.27. The molecule has 22 heavy (non-hydrogen) atoms. The number of aliphatic carboxylic acids is 1. The molecule has 3 rings (SSSR count). The van der Waals surface area contributed by atoms with Crippen molar-refractivity contribution in [3.63, 3.8) is 0 Å². The van der Waals surface area contributed by atoms with E-state index < -0.39 is 5.97 Å². The van der Waals surface area contributed by atoms with Gasteiger partial charge < -0.3 is 9.84 Å². The third-order valence-corrected chi connectivity index (χ3v) is 3.07. The zero-order valence-corrected chi connectivity index (χ0v) is 11.7. The second-order valence-electron chi connectivity index (χ2n) is 4.70. The zero-order valence-electron chi connectivity index (χ0n) is 11.7. The van der Waals surface area contributed by atoms with Gasteiger partial charge in [0, 0.05) is 11.8 Å². The van der Waals surface area contributed by atoms with Crippen molar-refractivity contribution < 1.29 is 14.6 Å². The fraction of sp³-hybridized carbons (Fsp3) is 0.0588. The highest BCUT2D eigenvalue weighted by atomic mass is 16.5. The first-order valence-corrected chi connectivity index (χ1v) is 6.80. The standard InChI is InChI=1S/C17H14N2O3/c20-17(21)12-19-11-10-15(18-19)14-8-4-5-9-16(14)22-13-6-2-1-3-7-13/h1-11H,12H2,(H,20,21). The molecule has 0 aliphatic heterocycles.